The Morgan fingerprint density at radius 3 is 3.23 bits per heavy atom. The third-order valence-electron chi connectivity index (χ3n) is 3.71. The highest BCUT2D eigenvalue weighted by atomic mass is 35.5. The molecule has 3 rings (SSSR count). The van der Waals surface area contributed by atoms with Crippen molar-refractivity contribution in [1.29, 1.82) is 0 Å². The minimum Gasteiger partial charge on any atom is -0.492 e. The monoisotopic (exact) mass is 320 g/mol. The third-order valence-corrected chi connectivity index (χ3v) is 4.01. The molecule has 1 amide bonds. The zero-order chi connectivity index (χ0) is 15.5. The molecular formula is C15H17ClN4O2. The number of aryl methyl sites for hydroxylation is 1. The summed E-state index contributed by atoms with van der Waals surface area (Å²) in [6.07, 6.45) is 3.12. The van der Waals surface area contributed by atoms with Gasteiger partial charge in [-0.15, -0.1) is 5.10 Å². The fourth-order valence-electron chi connectivity index (χ4n) is 2.62. The Bertz CT molecular complexity index is 686. The molecule has 0 saturated carbocycles. The van der Waals surface area contributed by atoms with Crippen molar-refractivity contribution in [2.75, 3.05) is 6.61 Å². The SMILES string of the molecule is CCn1nncc1C(=O)NC1CCCOc2c(Cl)cccc21. The van der Waals surface area contributed by atoms with Crippen LogP contribution in [0.5, 0.6) is 5.75 Å². The Morgan fingerprint density at radius 2 is 2.41 bits per heavy atom. The smallest absolute Gasteiger partial charge is 0.271 e. The second kappa shape index (κ2) is 6.36. The molecule has 116 valence electrons. The van der Waals surface area contributed by atoms with Crippen molar-refractivity contribution in [1.82, 2.24) is 20.3 Å². The normalized spacial score (nSPS) is 17.3. The van der Waals surface area contributed by atoms with Gasteiger partial charge in [0.1, 0.15) is 11.4 Å². The maximum Gasteiger partial charge on any atom is 0.271 e. The van der Waals surface area contributed by atoms with Crippen LogP contribution >= 0.6 is 11.6 Å². The van der Waals surface area contributed by atoms with Crippen molar-refractivity contribution in [3.05, 3.63) is 40.7 Å². The lowest BCUT2D eigenvalue weighted by molar-refractivity contribution is 0.0924. The molecule has 0 aliphatic carbocycles. The van der Waals surface area contributed by atoms with Gasteiger partial charge in [0, 0.05) is 12.1 Å². The molecule has 0 fully saturated rings. The second-order valence-electron chi connectivity index (χ2n) is 5.11. The number of nitrogens with one attached hydrogen (secondary N) is 1. The third kappa shape index (κ3) is 2.78. The summed E-state index contributed by atoms with van der Waals surface area (Å²) in [7, 11) is 0. The van der Waals surface area contributed by atoms with Crippen molar-refractivity contribution in [2.24, 2.45) is 0 Å². The van der Waals surface area contributed by atoms with Gasteiger partial charge in [-0.1, -0.05) is 28.9 Å². The molecule has 0 bridgehead atoms. The number of rotatable bonds is 3. The number of hydrogen-bond acceptors (Lipinski definition) is 4. The van der Waals surface area contributed by atoms with Gasteiger partial charge in [0.05, 0.1) is 23.9 Å². The molecule has 1 N–H and O–H groups in total. The van der Waals surface area contributed by atoms with E-state index in [0.717, 1.165) is 18.4 Å². The highest BCUT2D eigenvalue weighted by molar-refractivity contribution is 6.32. The number of amides is 1. The molecule has 1 aliphatic heterocycles. The van der Waals surface area contributed by atoms with Gasteiger partial charge in [-0.3, -0.25) is 4.79 Å². The average Bonchev–Trinajstić information content (AvgIpc) is 2.91. The number of carbonyl (C=O) groups is 1. The summed E-state index contributed by atoms with van der Waals surface area (Å²) in [6, 6.07) is 5.46. The number of carbonyl (C=O) groups excluding carboxylic acids is 1. The van der Waals surface area contributed by atoms with Crippen LogP contribution < -0.4 is 10.1 Å². The second-order valence-corrected chi connectivity index (χ2v) is 5.52. The van der Waals surface area contributed by atoms with E-state index in [1.165, 1.54) is 6.20 Å². The molecule has 1 unspecified atom stereocenters. The highest BCUT2D eigenvalue weighted by Crippen LogP contribution is 2.36. The lowest BCUT2D eigenvalue weighted by Crippen LogP contribution is -2.30. The van der Waals surface area contributed by atoms with Crippen LogP contribution in [0.2, 0.25) is 5.02 Å². The molecule has 1 aromatic carbocycles. The van der Waals surface area contributed by atoms with Crippen LogP contribution in [0.1, 0.15) is 41.9 Å². The minimum absolute atomic E-state index is 0.135. The first kappa shape index (κ1) is 14.8. The van der Waals surface area contributed by atoms with Crippen LogP contribution in [-0.4, -0.2) is 27.5 Å². The maximum atomic E-state index is 12.5. The van der Waals surface area contributed by atoms with Crippen molar-refractivity contribution < 1.29 is 9.53 Å². The quantitative estimate of drug-likeness (QED) is 0.943. The van der Waals surface area contributed by atoms with Gasteiger partial charge in [-0.25, -0.2) is 4.68 Å². The molecule has 6 nitrogen and oxygen atoms in total. The molecule has 1 aliphatic rings. The van der Waals surface area contributed by atoms with Gasteiger partial charge in [-0.2, -0.15) is 0 Å². The average molecular weight is 321 g/mol. The molecule has 7 heteroatoms. The number of nitrogens with zero attached hydrogens (tertiary/aromatic N) is 3. The molecule has 2 heterocycles. The topological polar surface area (TPSA) is 69.0 Å². The predicted molar refractivity (Wildman–Crippen MR) is 82.1 cm³/mol. The van der Waals surface area contributed by atoms with E-state index in [-0.39, 0.29) is 11.9 Å². The molecule has 0 spiro atoms. The van der Waals surface area contributed by atoms with Crippen LogP contribution in [0.4, 0.5) is 0 Å². The number of aromatic nitrogens is 3. The van der Waals surface area contributed by atoms with Gasteiger partial charge < -0.3 is 10.1 Å². The molecule has 22 heavy (non-hydrogen) atoms. The Kier molecular flexibility index (Phi) is 4.29. The molecule has 1 atom stereocenters. The lowest BCUT2D eigenvalue weighted by atomic mass is 10.0. The van der Waals surface area contributed by atoms with Crippen LogP contribution in [0.15, 0.2) is 24.4 Å². The number of ether oxygens (including phenoxy) is 1. The van der Waals surface area contributed by atoms with Gasteiger partial charge in [0.2, 0.25) is 0 Å². The highest BCUT2D eigenvalue weighted by Gasteiger charge is 2.24. The summed E-state index contributed by atoms with van der Waals surface area (Å²) in [6.45, 7) is 3.11. The number of para-hydroxylation sites is 1. The van der Waals surface area contributed by atoms with Crippen LogP contribution in [0.3, 0.4) is 0 Å². The first-order chi connectivity index (χ1) is 10.7. The van der Waals surface area contributed by atoms with E-state index >= 15 is 0 Å². The Labute approximate surface area is 133 Å². The summed E-state index contributed by atoms with van der Waals surface area (Å²) in [5.41, 5.74) is 1.37. The van der Waals surface area contributed by atoms with Crippen molar-refractivity contribution in [3.63, 3.8) is 0 Å². The molecule has 0 saturated heterocycles. The Balaban J connectivity index is 1.87. The van der Waals surface area contributed by atoms with E-state index in [0.29, 0.717) is 29.6 Å². The van der Waals surface area contributed by atoms with Crippen LogP contribution in [-0.2, 0) is 6.54 Å². The van der Waals surface area contributed by atoms with Crippen molar-refractivity contribution in [3.8, 4) is 5.75 Å². The van der Waals surface area contributed by atoms with E-state index in [2.05, 4.69) is 15.6 Å². The summed E-state index contributed by atoms with van der Waals surface area (Å²) in [5.74, 6) is 0.471. The van der Waals surface area contributed by atoms with E-state index in [9.17, 15) is 4.79 Å². The summed E-state index contributed by atoms with van der Waals surface area (Å²) in [4.78, 5) is 12.5. The first-order valence-electron chi connectivity index (χ1n) is 7.31. The standard InChI is InChI=1S/C15H17ClN4O2/c1-2-20-13(9-17-19-20)15(21)18-12-7-4-8-22-14-10(12)5-3-6-11(14)16/h3,5-6,9,12H,2,4,7-8H2,1H3,(H,18,21). The van der Waals surface area contributed by atoms with Gasteiger partial charge in [-0.05, 0) is 25.8 Å². The number of hydrogen-bond donors (Lipinski definition) is 1. The number of fused-ring (bicyclic) bond motifs is 1. The fraction of sp³-hybridized carbons (Fsp3) is 0.400. The van der Waals surface area contributed by atoms with Crippen LogP contribution in [0, 0.1) is 0 Å². The van der Waals surface area contributed by atoms with Crippen molar-refractivity contribution in [2.45, 2.75) is 32.4 Å². The lowest BCUT2D eigenvalue weighted by Gasteiger charge is -2.19. The van der Waals surface area contributed by atoms with Gasteiger partial charge in [0.15, 0.2) is 0 Å². The Morgan fingerprint density at radius 1 is 1.55 bits per heavy atom. The molecular weight excluding hydrogens is 304 g/mol. The summed E-state index contributed by atoms with van der Waals surface area (Å²) >= 11 is 6.20. The minimum atomic E-state index is -0.190. The fourth-order valence-corrected chi connectivity index (χ4v) is 2.86. The first-order valence-corrected chi connectivity index (χ1v) is 7.69. The predicted octanol–water partition coefficient (Wildman–Crippen LogP) is 2.60. The van der Waals surface area contributed by atoms with Gasteiger partial charge >= 0.3 is 0 Å². The van der Waals surface area contributed by atoms with E-state index in [1.54, 1.807) is 10.7 Å². The summed E-state index contributed by atoms with van der Waals surface area (Å²) < 4.78 is 7.28. The number of benzene rings is 1. The van der Waals surface area contributed by atoms with E-state index in [1.807, 2.05) is 19.1 Å². The zero-order valence-electron chi connectivity index (χ0n) is 12.3. The maximum absolute atomic E-state index is 12.5. The number of halogens is 1. The van der Waals surface area contributed by atoms with E-state index in [4.69, 9.17) is 16.3 Å². The zero-order valence-corrected chi connectivity index (χ0v) is 13.0. The van der Waals surface area contributed by atoms with Crippen LogP contribution in [0.25, 0.3) is 0 Å². The summed E-state index contributed by atoms with van der Waals surface area (Å²) in [5, 5.41) is 11.3. The molecule has 2 aromatic rings. The largest absolute Gasteiger partial charge is 0.492 e. The molecule has 0 radical (unpaired) electrons. The van der Waals surface area contributed by atoms with Crippen molar-refractivity contribution >= 4 is 17.5 Å². The van der Waals surface area contributed by atoms with E-state index < -0.39 is 0 Å². The van der Waals surface area contributed by atoms with Gasteiger partial charge in [0.25, 0.3) is 5.91 Å². The Hall–Kier alpha value is -2.08. The molecule has 1 aromatic heterocycles.